The first kappa shape index (κ1) is 17.7. The summed E-state index contributed by atoms with van der Waals surface area (Å²) < 4.78 is 0. The molecule has 0 bridgehead atoms. The van der Waals surface area contributed by atoms with Gasteiger partial charge in [-0.3, -0.25) is 0 Å². The molecule has 3 nitrogen and oxygen atoms in total. The summed E-state index contributed by atoms with van der Waals surface area (Å²) in [6.45, 7) is 6.50. The molecule has 0 radical (unpaired) electrons. The Hall–Kier alpha value is -2.62. The number of hydrogen-bond acceptors (Lipinski definition) is 3. The van der Waals surface area contributed by atoms with E-state index in [4.69, 9.17) is 16.9 Å². The van der Waals surface area contributed by atoms with Crippen LogP contribution < -0.4 is 0 Å². The van der Waals surface area contributed by atoms with Crippen LogP contribution in [0.3, 0.4) is 0 Å². The molecule has 0 unspecified atom stereocenters. The normalized spacial score (nSPS) is 9.96. The van der Waals surface area contributed by atoms with Crippen LogP contribution in [0.5, 0.6) is 0 Å². The predicted octanol–water partition coefficient (Wildman–Crippen LogP) is 5.58. The fourth-order valence-electron chi connectivity index (χ4n) is 1.71. The van der Waals surface area contributed by atoms with Gasteiger partial charge in [-0.1, -0.05) is 37.2 Å². The van der Waals surface area contributed by atoms with E-state index in [9.17, 15) is 0 Å². The Kier molecular flexibility index (Phi) is 5.74. The maximum Gasteiger partial charge on any atom is 0.129 e. The van der Waals surface area contributed by atoms with Gasteiger partial charge in [-0.2, -0.15) is 15.2 Å². The molecule has 0 spiro atoms. The molecule has 0 fully saturated rings. The monoisotopic (exact) mass is 349 g/mol. The average molecular weight is 350 g/mol. The van der Waals surface area contributed by atoms with Crippen molar-refractivity contribution < 1.29 is 0 Å². The summed E-state index contributed by atoms with van der Waals surface area (Å²) in [4.78, 5) is 8.41. The van der Waals surface area contributed by atoms with Crippen LogP contribution in [0, 0.1) is 22.8 Å². The van der Waals surface area contributed by atoms with Crippen molar-refractivity contribution in [2.75, 3.05) is 0 Å². The van der Waals surface area contributed by atoms with Gasteiger partial charge in [-0.15, -0.1) is 5.54 Å². The Morgan fingerprint density at radius 2 is 1.71 bits per heavy atom. The van der Waals surface area contributed by atoms with E-state index < -0.39 is 8.07 Å². The van der Waals surface area contributed by atoms with Crippen LogP contribution >= 0.6 is 11.6 Å². The van der Waals surface area contributed by atoms with Crippen LogP contribution in [-0.2, 0) is 0 Å². The van der Waals surface area contributed by atoms with Gasteiger partial charge in [0.15, 0.2) is 0 Å². The molecule has 0 saturated heterocycles. The molecule has 0 aromatic heterocycles. The third-order valence-electron chi connectivity index (χ3n) is 2.87. The van der Waals surface area contributed by atoms with Gasteiger partial charge in [0.2, 0.25) is 0 Å². The highest BCUT2D eigenvalue weighted by Gasteiger charge is 2.08. The van der Waals surface area contributed by atoms with E-state index >= 15 is 0 Å². The number of aliphatic imine (C=N–C) groups is 2. The Bertz CT molecular complexity index is 901. The van der Waals surface area contributed by atoms with E-state index in [1.54, 1.807) is 42.5 Å². The first-order chi connectivity index (χ1) is 11.4. The first-order valence-corrected chi connectivity index (χ1v) is 11.2. The van der Waals surface area contributed by atoms with Gasteiger partial charge in [-0.25, -0.2) is 0 Å². The third kappa shape index (κ3) is 5.54. The highest BCUT2D eigenvalue weighted by Crippen LogP contribution is 2.20. The molecular weight excluding hydrogens is 334 g/mol. The van der Waals surface area contributed by atoms with E-state index in [0.717, 1.165) is 5.56 Å². The lowest BCUT2D eigenvalue weighted by molar-refractivity contribution is 1.44. The number of halogens is 1. The zero-order valence-electron chi connectivity index (χ0n) is 13.8. The van der Waals surface area contributed by atoms with E-state index in [-0.39, 0.29) is 0 Å². The Balaban J connectivity index is 2.38. The summed E-state index contributed by atoms with van der Waals surface area (Å²) in [6, 6.07) is 17.1. The highest BCUT2D eigenvalue weighted by molar-refractivity contribution is 6.83. The van der Waals surface area contributed by atoms with Gasteiger partial charge in [0, 0.05) is 5.02 Å². The van der Waals surface area contributed by atoms with Crippen molar-refractivity contribution in [1.29, 1.82) is 5.26 Å². The van der Waals surface area contributed by atoms with Gasteiger partial charge in [0.1, 0.15) is 14.1 Å². The van der Waals surface area contributed by atoms with Gasteiger partial charge >= 0.3 is 0 Å². The molecule has 24 heavy (non-hydrogen) atoms. The third-order valence-corrected chi connectivity index (χ3v) is 4.00. The smallest absolute Gasteiger partial charge is 0.129 e. The lowest BCUT2D eigenvalue weighted by atomic mass is 10.1. The molecule has 2 aromatic rings. The molecule has 0 aliphatic heterocycles. The van der Waals surface area contributed by atoms with E-state index in [0.29, 0.717) is 22.0 Å². The van der Waals surface area contributed by atoms with E-state index in [1.165, 1.54) is 0 Å². The summed E-state index contributed by atoms with van der Waals surface area (Å²) in [6.07, 6.45) is 0. The zero-order chi connectivity index (χ0) is 17.6. The molecule has 0 saturated carbocycles. The average Bonchev–Trinajstić information content (AvgIpc) is 2.54. The number of benzene rings is 2. The highest BCUT2D eigenvalue weighted by atomic mass is 35.5. The van der Waals surface area contributed by atoms with Crippen molar-refractivity contribution in [1.82, 2.24) is 0 Å². The number of nitriles is 1. The molecule has 0 aliphatic rings. The number of rotatable bonds is 2. The van der Waals surface area contributed by atoms with Crippen molar-refractivity contribution >= 4 is 37.1 Å². The molecule has 5 heteroatoms. The summed E-state index contributed by atoms with van der Waals surface area (Å²) in [5, 5.41) is 9.72. The fraction of sp³-hybridized carbons (Fsp3) is 0.158. The minimum absolute atomic E-state index is 0.559. The molecule has 0 amide bonds. The maximum atomic E-state index is 9.06. The van der Waals surface area contributed by atoms with Crippen LogP contribution in [0.2, 0.25) is 24.7 Å². The molecule has 0 aliphatic carbocycles. The Morgan fingerprint density at radius 3 is 2.33 bits per heavy atom. The lowest BCUT2D eigenvalue weighted by Gasteiger charge is -2.04. The quantitative estimate of drug-likeness (QED) is 0.396. The molecule has 0 heterocycles. The summed E-state index contributed by atoms with van der Waals surface area (Å²) in [5.74, 6) is 3.15. The maximum absolute atomic E-state index is 9.06. The summed E-state index contributed by atoms with van der Waals surface area (Å²) in [7, 11) is -1.52. The van der Waals surface area contributed by atoms with Crippen LogP contribution in [0.1, 0.15) is 11.1 Å². The molecule has 2 rings (SSSR count). The van der Waals surface area contributed by atoms with Crippen molar-refractivity contribution in [2.24, 2.45) is 9.98 Å². The molecular formula is C19H16ClN3Si. The second-order valence-electron chi connectivity index (χ2n) is 6.14. The largest absolute Gasteiger partial charge is 0.192 e. The minimum Gasteiger partial charge on any atom is -0.192 e. The second kappa shape index (κ2) is 7.77. The van der Waals surface area contributed by atoms with Gasteiger partial charge in [0.25, 0.3) is 0 Å². The fourth-order valence-corrected chi connectivity index (χ4v) is 2.35. The molecule has 0 N–H and O–H groups in total. The Morgan fingerprint density at radius 1 is 1.00 bits per heavy atom. The number of nitrogens with zero attached hydrogens (tertiary/aromatic N) is 3. The summed E-state index contributed by atoms with van der Waals surface area (Å²) >= 11 is 5.84. The standard InChI is InChI=1S/C19H16ClN3Si/c1-24(2,3)11-10-16-12-15(13-21)4-9-19(16)23-14-22-18-7-5-17(20)6-8-18/h4-9,12H,1-3H3. The van der Waals surface area contributed by atoms with Crippen LogP contribution in [0.25, 0.3) is 0 Å². The van der Waals surface area contributed by atoms with Crippen molar-refractivity contribution in [3.8, 4) is 17.5 Å². The van der Waals surface area contributed by atoms with Crippen LogP contribution in [-0.4, -0.2) is 14.1 Å². The van der Waals surface area contributed by atoms with Gasteiger partial charge < -0.3 is 0 Å². The lowest BCUT2D eigenvalue weighted by Crippen LogP contribution is -2.16. The first-order valence-electron chi connectivity index (χ1n) is 7.37. The molecule has 2 aromatic carbocycles. The van der Waals surface area contributed by atoms with E-state index in [1.807, 2.05) is 0 Å². The number of hydrogen-bond donors (Lipinski definition) is 0. The minimum atomic E-state index is -1.52. The van der Waals surface area contributed by atoms with Crippen molar-refractivity contribution in [3.63, 3.8) is 0 Å². The van der Waals surface area contributed by atoms with Crippen LogP contribution in [0.15, 0.2) is 52.4 Å². The van der Waals surface area contributed by atoms with E-state index in [2.05, 4.69) is 53.2 Å². The van der Waals surface area contributed by atoms with Crippen molar-refractivity contribution in [2.45, 2.75) is 19.6 Å². The zero-order valence-corrected chi connectivity index (χ0v) is 15.5. The van der Waals surface area contributed by atoms with Crippen molar-refractivity contribution in [3.05, 3.63) is 58.6 Å². The predicted molar refractivity (Wildman–Crippen MR) is 102 cm³/mol. The van der Waals surface area contributed by atoms with Crippen LogP contribution in [0.4, 0.5) is 11.4 Å². The second-order valence-corrected chi connectivity index (χ2v) is 11.3. The van der Waals surface area contributed by atoms with Gasteiger partial charge in [-0.05, 0) is 42.5 Å². The SMILES string of the molecule is C[Si](C)(C)C#Cc1cc(C#N)ccc1N=C=Nc1ccc(Cl)cc1. The summed E-state index contributed by atoms with van der Waals surface area (Å²) in [5.41, 5.74) is 5.93. The Labute approximate surface area is 148 Å². The topological polar surface area (TPSA) is 48.5 Å². The molecule has 0 atom stereocenters. The molecule has 118 valence electrons. The van der Waals surface area contributed by atoms with Gasteiger partial charge in [0.05, 0.1) is 28.6 Å².